The molecule has 35 heavy (non-hydrogen) atoms. The van der Waals surface area contributed by atoms with Gasteiger partial charge in [0.05, 0.1) is 18.2 Å². The van der Waals surface area contributed by atoms with Crippen molar-refractivity contribution in [1.82, 2.24) is 4.98 Å². The summed E-state index contributed by atoms with van der Waals surface area (Å²) in [7, 11) is 0. The van der Waals surface area contributed by atoms with Crippen molar-refractivity contribution in [2.45, 2.75) is 69.4 Å². The largest absolute Gasteiger partial charge is 0.381 e. The number of pyridine rings is 1. The molecule has 0 amide bonds. The predicted molar refractivity (Wildman–Crippen MR) is 125 cm³/mol. The first-order valence-corrected chi connectivity index (χ1v) is 11.9. The Labute approximate surface area is 202 Å². The van der Waals surface area contributed by atoms with Gasteiger partial charge < -0.3 is 24.7 Å². The highest BCUT2D eigenvalue weighted by Crippen LogP contribution is 2.55. The lowest BCUT2D eigenvalue weighted by atomic mass is 9.89. The van der Waals surface area contributed by atoms with Crippen LogP contribution in [0.15, 0.2) is 54.6 Å². The van der Waals surface area contributed by atoms with Gasteiger partial charge in [-0.3, -0.25) is 0 Å². The van der Waals surface area contributed by atoms with Gasteiger partial charge in [0.15, 0.2) is 23.7 Å². The van der Waals surface area contributed by atoms with Crippen LogP contribution >= 0.6 is 0 Å². The van der Waals surface area contributed by atoms with Crippen LogP contribution in [0.3, 0.4) is 0 Å². The number of nitrogens with zero attached hydrogens (tertiary/aromatic N) is 1. The Hall–Kier alpha value is -2.65. The van der Waals surface area contributed by atoms with E-state index in [1.165, 1.54) is 6.07 Å². The normalized spacial score (nSPS) is 33.2. The molecule has 3 aliphatic rings. The van der Waals surface area contributed by atoms with E-state index in [9.17, 15) is 4.39 Å². The summed E-state index contributed by atoms with van der Waals surface area (Å²) in [4.78, 5) is 4.15. The van der Waals surface area contributed by atoms with Gasteiger partial charge in [-0.05, 0) is 43.5 Å². The Morgan fingerprint density at radius 3 is 2.66 bits per heavy atom. The molecule has 1 saturated carbocycles. The molecule has 3 aromatic rings. The van der Waals surface area contributed by atoms with E-state index in [1.54, 1.807) is 6.07 Å². The number of ether oxygens (including phenoxy) is 4. The molecule has 8 heteroatoms. The summed E-state index contributed by atoms with van der Waals surface area (Å²) >= 11 is 0. The molecule has 6 atom stereocenters. The Bertz CT molecular complexity index is 1260. The summed E-state index contributed by atoms with van der Waals surface area (Å²) in [5.74, 6) is -2.02. The molecular formula is C27H28F2N2O4. The molecule has 3 fully saturated rings. The van der Waals surface area contributed by atoms with Gasteiger partial charge in [-0.1, -0.05) is 42.5 Å². The average molecular weight is 483 g/mol. The zero-order valence-electron chi connectivity index (χ0n) is 19.6. The van der Waals surface area contributed by atoms with Gasteiger partial charge in [-0.25, -0.2) is 13.8 Å². The van der Waals surface area contributed by atoms with Crippen molar-refractivity contribution in [2.24, 2.45) is 5.92 Å². The Kier molecular flexibility index (Phi) is 5.34. The number of nitrogen functional groups attached to an aromatic ring is 1. The first kappa shape index (κ1) is 22.8. The average Bonchev–Trinajstić information content (AvgIpc) is 3.37. The lowest BCUT2D eigenvalue weighted by molar-refractivity contribution is -0.237. The fourth-order valence-corrected chi connectivity index (χ4v) is 5.77. The number of nitrogens with two attached hydrogens (primary N) is 1. The lowest BCUT2D eigenvalue weighted by Crippen LogP contribution is -2.49. The fourth-order valence-electron chi connectivity index (χ4n) is 5.77. The Balaban J connectivity index is 1.30. The smallest absolute Gasteiger partial charge is 0.190 e. The number of alkyl halides is 1. The molecular weight excluding hydrogens is 454 g/mol. The van der Waals surface area contributed by atoms with E-state index in [-0.39, 0.29) is 12.2 Å². The summed E-state index contributed by atoms with van der Waals surface area (Å²) < 4.78 is 54.5. The zero-order chi connectivity index (χ0) is 24.4. The molecule has 1 aromatic heterocycles. The van der Waals surface area contributed by atoms with Gasteiger partial charge in [0, 0.05) is 17.7 Å². The first-order valence-electron chi connectivity index (χ1n) is 11.9. The van der Waals surface area contributed by atoms with Gasteiger partial charge in [0.25, 0.3) is 0 Å². The highest BCUT2D eigenvalue weighted by Gasteiger charge is 2.70. The number of fused-ring (bicyclic) bond motifs is 4. The van der Waals surface area contributed by atoms with Crippen molar-refractivity contribution in [1.29, 1.82) is 0 Å². The van der Waals surface area contributed by atoms with E-state index in [4.69, 9.17) is 24.7 Å². The van der Waals surface area contributed by atoms with Crippen LogP contribution < -0.4 is 5.73 Å². The topological polar surface area (TPSA) is 75.8 Å². The predicted octanol–water partition coefficient (Wildman–Crippen LogP) is 4.69. The highest BCUT2D eigenvalue weighted by atomic mass is 19.1. The van der Waals surface area contributed by atoms with Crippen molar-refractivity contribution < 1.29 is 27.7 Å². The van der Waals surface area contributed by atoms with E-state index < -0.39 is 47.8 Å². The van der Waals surface area contributed by atoms with Gasteiger partial charge in [-0.15, -0.1) is 0 Å². The molecule has 0 unspecified atom stereocenters. The van der Waals surface area contributed by atoms with Gasteiger partial charge in [0.1, 0.15) is 17.9 Å². The molecule has 184 valence electrons. The number of hydrogen-bond acceptors (Lipinski definition) is 6. The van der Waals surface area contributed by atoms with Crippen molar-refractivity contribution in [3.05, 3.63) is 71.5 Å². The standard InChI is InChI=1S/C27H28F2N2O4/c1-26(2)34-23-25(35-26)33-22-18(10-16-8-9-17-12-19(28)24(30)31-21(17)11-16)20(29)13-27(22,23)32-14-15-6-4-3-5-7-15/h3-9,11-12,18,20,22-23,25H,10,13-14H2,1-2H3,(H2,30,31)/t18-,20-,22-,23+,25-,27-/m1/s1. The number of halogens is 2. The minimum Gasteiger partial charge on any atom is -0.381 e. The van der Waals surface area contributed by atoms with Crippen molar-refractivity contribution in [3.63, 3.8) is 0 Å². The van der Waals surface area contributed by atoms with Crippen molar-refractivity contribution >= 4 is 16.7 Å². The molecule has 6 rings (SSSR count). The molecule has 2 saturated heterocycles. The number of hydrogen-bond donors (Lipinski definition) is 1. The molecule has 2 aromatic carbocycles. The van der Waals surface area contributed by atoms with Crippen LogP contribution in [0.1, 0.15) is 31.4 Å². The van der Waals surface area contributed by atoms with E-state index in [0.29, 0.717) is 23.9 Å². The summed E-state index contributed by atoms with van der Waals surface area (Å²) in [6, 6.07) is 16.6. The third kappa shape index (κ3) is 3.89. The van der Waals surface area contributed by atoms with Crippen LogP contribution in [0.25, 0.3) is 10.9 Å². The molecule has 1 aliphatic carbocycles. The molecule has 0 spiro atoms. The number of anilines is 1. The van der Waals surface area contributed by atoms with Crippen LogP contribution in [-0.2, 0) is 32.0 Å². The minimum absolute atomic E-state index is 0.153. The SMILES string of the molecule is CC1(C)O[C@H]2O[C@@H]3[C@H](Cc4ccc5cc(F)c(N)nc5c4)[C@H](F)C[C@]3(OCc3ccccc3)[C@H]2O1. The third-order valence-corrected chi connectivity index (χ3v) is 7.35. The maximum absolute atomic E-state index is 15.7. The Morgan fingerprint density at radius 1 is 1.06 bits per heavy atom. The van der Waals surface area contributed by atoms with E-state index >= 15 is 4.39 Å². The van der Waals surface area contributed by atoms with Crippen LogP contribution in [0.4, 0.5) is 14.6 Å². The number of aromatic nitrogens is 1. The van der Waals surface area contributed by atoms with Crippen molar-refractivity contribution in [3.8, 4) is 0 Å². The van der Waals surface area contributed by atoms with Crippen LogP contribution in [0.5, 0.6) is 0 Å². The van der Waals surface area contributed by atoms with Gasteiger partial charge >= 0.3 is 0 Å². The lowest BCUT2D eigenvalue weighted by Gasteiger charge is -2.34. The maximum atomic E-state index is 15.7. The van der Waals surface area contributed by atoms with Crippen LogP contribution in [0, 0.1) is 11.7 Å². The summed E-state index contributed by atoms with van der Waals surface area (Å²) in [6.07, 6.45) is -2.31. The summed E-state index contributed by atoms with van der Waals surface area (Å²) in [6.45, 7) is 3.97. The fraction of sp³-hybridized carbons (Fsp3) is 0.444. The number of benzene rings is 2. The van der Waals surface area contributed by atoms with Crippen LogP contribution in [0.2, 0.25) is 0 Å². The molecule has 3 heterocycles. The number of rotatable bonds is 5. The first-order chi connectivity index (χ1) is 16.7. The van der Waals surface area contributed by atoms with E-state index in [0.717, 1.165) is 11.1 Å². The summed E-state index contributed by atoms with van der Waals surface area (Å²) in [5.41, 5.74) is 7.11. The molecule has 0 bridgehead atoms. The zero-order valence-corrected chi connectivity index (χ0v) is 19.6. The third-order valence-electron chi connectivity index (χ3n) is 7.35. The molecule has 2 aliphatic heterocycles. The van der Waals surface area contributed by atoms with E-state index in [1.807, 2.05) is 56.3 Å². The van der Waals surface area contributed by atoms with Gasteiger partial charge in [0.2, 0.25) is 0 Å². The second-order valence-corrected chi connectivity index (χ2v) is 10.2. The molecule has 0 radical (unpaired) electrons. The van der Waals surface area contributed by atoms with Gasteiger partial charge in [-0.2, -0.15) is 0 Å². The maximum Gasteiger partial charge on any atom is 0.190 e. The molecule has 2 N–H and O–H groups in total. The van der Waals surface area contributed by atoms with E-state index in [2.05, 4.69) is 4.98 Å². The van der Waals surface area contributed by atoms with Crippen molar-refractivity contribution in [2.75, 3.05) is 5.73 Å². The molecule has 6 nitrogen and oxygen atoms in total. The monoisotopic (exact) mass is 482 g/mol. The second-order valence-electron chi connectivity index (χ2n) is 10.2. The van der Waals surface area contributed by atoms with Crippen LogP contribution in [-0.4, -0.2) is 41.0 Å². The minimum atomic E-state index is -1.16. The highest BCUT2D eigenvalue weighted by molar-refractivity contribution is 5.80. The summed E-state index contributed by atoms with van der Waals surface area (Å²) in [5, 5.41) is 0.639. The Morgan fingerprint density at radius 2 is 1.86 bits per heavy atom. The quantitative estimate of drug-likeness (QED) is 0.569. The second kappa shape index (κ2) is 8.20.